The molecule has 4 nitrogen and oxygen atoms in total. The zero-order valence-electron chi connectivity index (χ0n) is 9.75. The van der Waals surface area contributed by atoms with Crippen LogP contribution >= 0.6 is 22.9 Å². The van der Waals surface area contributed by atoms with Gasteiger partial charge in [-0.3, -0.25) is 9.09 Å². The van der Waals surface area contributed by atoms with Gasteiger partial charge in [-0.2, -0.15) is 0 Å². The van der Waals surface area contributed by atoms with Gasteiger partial charge >= 0.3 is 5.76 Å². The van der Waals surface area contributed by atoms with Crippen molar-refractivity contribution in [2.45, 2.75) is 6.54 Å². The van der Waals surface area contributed by atoms with Crippen LogP contribution < -0.4 is 5.76 Å². The van der Waals surface area contributed by atoms with Crippen molar-refractivity contribution in [3.63, 3.8) is 0 Å². The molecule has 0 atom stereocenters. The van der Waals surface area contributed by atoms with Crippen molar-refractivity contribution in [2.24, 2.45) is 0 Å². The Kier molecular flexibility index (Phi) is 3.23. The summed E-state index contributed by atoms with van der Waals surface area (Å²) in [4.78, 5) is 12.6. The van der Waals surface area contributed by atoms with E-state index < -0.39 is 5.76 Å². The zero-order chi connectivity index (χ0) is 13.2. The van der Waals surface area contributed by atoms with E-state index in [1.54, 1.807) is 6.07 Å². The molecule has 3 rings (SSSR count). The van der Waals surface area contributed by atoms with Gasteiger partial charge in [0, 0.05) is 5.02 Å². The maximum atomic E-state index is 11.7. The Morgan fingerprint density at radius 2 is 2.11 bits per heavy atom. The van der Waals surface area contributed by atoms with Crippen molar-refractivity contribution < 1.29 is 4.52 Å². The van der Waals surface area contributed by atoms with Crippen LogP contribution in [0.15, 0.2) is 51.1 Å². The van der Waals surface area contributed by atoms with Crippen LogP contribution in [0.5, 0.6) is 0 Å². The molecule has 96 valence electrons. The van der Waals surface area contributed by atoms with Gasteiger partial charge in [0.25, 0.3) is 0 Å². The number of rotatable bonds is 3. The van der Waals surface area contributed by atoms with Crippen molar-refractivity contribution in [3.8, 4) is 10.7 Å². The Labute approximate surface area is 117 Å². The predicted octanol–water partition coefficient (Wildman–Crippen LogP) is 3.27. The van der Waals surface area contributed by atoms with Gasteiger partial charge < -0.3 is 0 Å². The second kappa shape index (κ2) is 5.03. The molecule has 2 heterocycles. The van der Waals surface area contributed by atoms with E-state index in [0.717, 1.165) is 10.4 Å². The number of benzene rings is 1. The Hall–Kier alpha value is -1.85. The van der Waals surface area contributed by atoms with E-state index in [1.165, 1.54) is 15.9 Å². The Balaban J connectivity index is 2.05. The van der Waals surface area contributed by atoms with Crippen LogP contribution in [-0.4, -0.2) is 9.72 Å². The van der Waals surface area contributed by atoms with Crippen molar-refractivity contribution >= 4 is 22.9 Å². The van der Waals surface area contributed by atoms with Crippen LogP contribution in [0.3, 0.4) is 0 Å². The molecule has 3 aromatic rings. The fourth-order valence-corrected chi connectivity index (χ4v) is 2.70. The lowest BCUT2D eigenvalue weighted by molar-refractivity contribution is 0.378. The SMILES string of the molecule is O=c1onc(-c2cccs2)n1Cc1ccccc1Cl. The summed E-state index contributed by atoms with van der Waals surface area (Å²) < 4.78 is 6.23. The molecule has 0 bridgehead atoms. The van der Waals surface area contributed by atoms with Gasteiger partial charge in [-0.25, -0.2) is 4.79 Å². The minimum atomic E-state index is -0.483. The van der Waals surface area contributed by atoms with Crippen LogP contribution in [0, 0.1) is 0 Å². The van der Waals surface area contributed by atoms with Crippen LogP contribution in [0.1, 0.15) is 5.56 Å². The molecular weight excluding hydrogens is 284 g/mol. The number of hydrogen-bond donors (Lipinski definition) is 0. The Morgan fingerprint density at radius 3 is 2.84 bits per heavy atom. The number of halogens is 1. The molecular formula is C13H9ClN2O2S. The molecule has 0 unspecified atom stereocenters. The van der Waals surface area contributed by atoms with Crippen molar-refractivity contribution in [3.05, 3.63) is 62.9 Å². The molecule has 0 aliphatic carbocycles. The molecule has 19 heavy (non-hydrogen) atoms. The van der Waals surface area contributed by atoms with Gasteiger partial charge in [-0.1, -0.05) is 41.0 Å². The normalized spacial score (nSPS) is 10.8. The van der Waals surface area contributed by atoms with E-state index in [9.17, 15) is 4.79 Å². The molecule has 0 fully saturated rings. The minimum absolute atomic E-state index is 0.343. The molecule has 6 heteroatoms. The highest BCUT2D eigenvalue weighted by molar-refractivity contribution is 7.13. The van der Waals surface area contributed by atoms with Gasteiger partial charge in [-0.05, 0) is 23.1 Å². The maximum Gasteiger partial charge on any atom is 0.442 e. The summed E-state index contributed by atoms with van der Waals surface area (Å²) in [7, 11) is 0. The molecule has 0 saturated carbocycles. The first kappa shape index (κ1) is 12.2. The third kappa shape index (κ3) is 2.34. The molecule has 0 aliphatic rings. The van der Waals surface area contributed by atoms with Gasteiger partial charge in [0.1, 0.15) is 0 Å². The highest BCUT2D eigenvalue weighted by Gasteiger charge is 2.14. The van der Waals surface area contributed by atoms with Gasteiger partial charge in [0.15, 0.2) is 5.82 Å². The topological polar surface area (TPSA) is 48.0 Å². The summed E-state index contributed by atoms with van der Waals surface area (Å²) in [6, 6.07) is 11.2. The number of aromatic nitrogens is 2. The standard InChI is InChI=1S/C13H9ClN2O2S/c14-10-5-2-1-4-9(10)8-16-12(15-18-13(16)17)11-6-3-7-19-11/h1-7H,8H2. The van der Waals surface area contributed by atoms with Gasteiger partial charge in [-0.15, -0.1) is 11.3 Å². The fraction of sp³-hybridized carbons (Fsp3) is 0.0769. The molecule has 0 saturated heterocycles. The van der Waals surface area contributed by atoms with Crippen molar-refractivity contribution in [2.75, 3.05) is 0 Å². The molecule has 0 spiro atoms. The minimum Gasteiger partial charge on any atom is -0.295 e. The second-order valence-electron chi connectivity index (χ2n) is 3.93. The molecule has 0 radical (unpaired) electrons. The quantitative estimate of drug-likeness (QED) is 0.744. The first-order chi connectivity index (χ1) is 9.25. The molecule has 0 N–H and O–H groups in total. The summed E-state index contributed by atoms with van der Waals surface area (Å²) in [6.45, 7) is 0.343. The predicted molar refractivity (Wildman–Crippen MR) is 74.6 cm³/mol. The van der Waals surface area contributed by atoms with Crippen molar-refractivity contribution in [1.82, 2.24) is 9.72 Å². The van der Waals surface area contributed by atoms with Crippen molar-refractivity contribution in [1.29, 1.82) is 0 Å². The van der Waals surface area contributed by atoms with Crippen LogP contribution in [0.2, 0.25) is 5.02 Å². The average molecular weight is 293 g/mol. The van der Waals surface area contributed by atoms with E-state index in [0.29, 0.717) is 17.4 Å². The third-order valence-electron chi connectivity index (χ3n) is 2.71. The molecule has 0 amide bonds. The fourth-order valence-electron chi connectivity index (χ4n) is 1.79. The van der Waals surface area contributed by atoms with E-state index in [2.05, 4.69) is 5.16 Å². The van der Waals surface area contributed by atoms with E-state index in [1.807, 2.05) is 35.7 Å². The number of hydrogen-bond acceptors (Lipinski definition) is 4. The average Bonchev–Trinajstić information content (AvgIpc) is 3.03. The van der Waals surface area contributed by atoms with Gasteiger partial charge in [0.05, 0.1) is 11.4 Å². The number of nitrogens with zero attached hydrogens (tertiary/aromatic N) is 2. The summed E-state index contributed by atoms with van der Waals surface area (Å²) in [5.41, 5.74) is 0.854. The van der Waals surface area contributed by atoms with Crippen LogP contribution in [0.25, 0.3) is 10.7 Å². The lowest BCUT2D eigenvalue weighted by Crippen LogP contribution is -2.16. The highest BCUT2D eigenvalue weighted by Crippen LogP contribution is 2.23. The molecule has 2 aromatic heterocycles. The molecule has 0 aliphatic heterocycles. The largest absolute Gasteiger partial charge is 0.442 e. The van der Waals surface area contributed by atoms with Crippen LogP contribution in [-0.2, 0) is 6.54 Å². The summed E-state index contributed by atoms with van der Waals surface area (Å²) in [5, 5.41) is 6.37. The zero-order valence-corrected chi connectivity index (χ0v) is 11.3. The van der Waals surface area contributed by atoms with E-state index in [-0.39, 0.29) is 0 Å². The van der Waals surface area contributed by atoms with Crippen LogP contribution in [0.4, 0.5) is 0 Å². The Bertz CT molecular complexity index is 746. The van der Waals surface area contributed by atoms with Gasteiger partial charge in [0.2, 0.25) is 0 Å². The smallest absolute Gasteiger partial charge is 0.295 e. The first-order valence-corrected chi connectivity index (χ1v) is 6.85. The second-order valence-corrected chi connectivity index (χ2v) is 5.28. The maximum absolute atomic E-state index is 11.7. The highest BCUT2D eigenvalue weighted by atomic mass is 35.5. The lowest BCUT2D eigenvalue weighted by Gasteiger charge is -2.05. The molecule has 1 aromatic carbocycles. The monoisotopic (exact) mass is 292 g/mol. The van der Waals surface area contributed by atoms with E-state index >= 15 is 0 Å². The Morgan fingerprint density at radius 1 is 1.26 bits per heavy atom. The summed E-state index contributed by atoms with van der Waals surface area (Å²) in [6.07, 6.45) is 0. The number of thiophene rings is 1. The summed E-state index contributed by atoms with van der Waals surface area (Å²) in [5.74, 6) is 0.0447. The first-order valence-electron chi connectivity index (χ1n) is 5.59. The lowest BCUT2D eigenvalue weighted by atomic mass is 10.2. The van der Waals surface area contributed by atoms with E-state index in [4.69, 9.17) is 16.1 Å². The third-order valence-corrected chi connectivity index (χ3v) is 3.95. The summed E-state index contributed by atoms with van der Waals surface area (Å²) >= 11 is 7.61.